The predicted molar refractivity (Wildman–Crippen MR) is 101 cm³/mol. The van der Waals surface area contributed by atoms with Crippen LogP contribution in [0.15, 0.2) is 59.7 Å². The van der Waals surface area contributed by atoms with Crippen molar-refractivity contribution in [2.75, 3.05) is 7.11 Å². The Kier molecular flexibility index (Phi) is 5.34. The Bertz CT molecular complexity index is 951. The zero-order valence-electron chi connectivity index (χ0n) is 14.3. The summed E-state index contributed by atoms with van der Waals surface area (Å²) in [6, 6.07) is 16.4. The van der Waals surface area contributed by atoms with Crippen molar-refractivity contribution >= 4 is 23.7 Å². The van der Waals surface area contributed by atoms with Crippen molar-refractivity contribution in [2.24, 2.45) is 5.10 Å². The Balaban J connectivity index is 1.76. The summed E-state index contributed by atoms with van der Waals surface area (Å²) in [5.74, 6) is 0.258. The van der Waals surface area contributed by atoms with Gasteiger partial charge in [0.25, 0.3) is 5.91 Å². The molecule has 3 aromatic rings. The number of methoxy groups -OCH3 is 1. The fraction of sp³-hybridized carbons (Fsp3) is 0.105. The van der Waals surface area contributed by atoms with Gasteiger partial charge in [-0.25, -0.2) is 10.1 Å². The molecule has 6 nitrogen and oxygen atoms in total. The minimum absolute atomic E-state index is 0.343. The van der Waals surface area contributed by atoms with Crippen molar-refractivity contribution in [3.63, 3.8) is 0 Å². The van der Waals surface area contributed by atoms with Crippen molar-refractivity contribution in [2.45, 2.75) is 6.92 Å². The first-order valence-electron chi connectivity index (χ1n) is 7.88. The number of aryl methyl sites for hydroxylation is 1. The Morgan fingerprint density at radius 1 is 1.23 bits per heavy atom. The fourth-order valence-corrected chi connectivity index (χ4v) is 2.70. The summed E-state index contributed by atoms with van der Waals surface area (Å²) < 4.78 is 6.74. The van der Waals surface area contributed by atoms with E-state index in [2.05, 4.69) is 15.6 Å². The van der Waals surface area contributed by atoms with E-state index in [1.54, 1.807) is 36.1 Å². The van der Waals surface area contributed by atoms with E-state index < -0.39 is 0 Å². The Morgan fingerprint density at radius 3 is 2.73 bits per heavy atom. The molecule has 0 aliphatic heterocycles. The average Bonchev–Trinajstić information content (AvgIpc) is 2.96. The monoisotopic (exact) mass is 368 g/mol. The second-order valence-electron chi connectivity index (χ2n) is 5.47. The summed E-state index contributed by atoms with van der Waals surface area (Å²) >= 11 is 6.42. The number of aromatic nitrogens is 2. The number of hydrogen-bond donors (Lipinski definition) is 1. The minimum atomic E-state index is -0.343. The molecule has 0 radical (unpaired) electrons. The molecule has 0 bridgehead atoms. The van der Waals surface area contributed by atoms with Crippen molar-refractivity contribution in [1.29, 1.82) is 0 Å². The number of ether oxygens (including phenoxy) is 1. The first-order valence-corrected chi connectivity index (χ1v) is 8.26. The third-order valence-electron chi connectivity index (χ3n) is 3.74. The molecule has 1 amide bonds. The van der Waals surface area contributed by atoms with Gasteiger partial charge in [0, 0.05) is 5.56 Å². The number of halogens is 1. The molecule has 0 unspecified atom stereocenters. The van der Waals surface area contributed by atoms with E-state index in [9.17, 15) is 4.79 Å². The van der Waals surface area contributed by atoms with Crippen LogP contribution in [0.5, 0.6) is 5.75 Å². The highest BCUT2D eigenvalue weighted by molar-refractivity contribution is 6.32. The van der Waals surface area contributed by atoms with Crippen molar-refractivity contribution in [1.82, 2.24) is 15.2 Å². The van der Waals surface area contributed by atoms with E-state index in [0.717, 1.165) is 5.69 Å². The largest absolute Gasteiger partial charge is 0.497 e. The van der Waals surface area contributed by atoms with Crippen LogP contribution < -0.4 is 10.2 Å². The first-order chi connectivity index (χ1) is 12.6. The molecule has 0 saturated heterocycles. The minimum Gasteiger partial charge on any atom is -0.497 e. The number of carbonyl (C=O) groups is 1. The number of amides is 1. The van der Waals surface area contributed by atoms with Crippen LogP contribution in [0.1, 0.15) is 21.6 Å². The third-order valence-corrected chi connectivity index (χ3v) is 4.10. The Labute approximate surface area is 156 Å². The van der Waals surface area contributed by atoms with Crippen LogP contribution in [0.2, 0.25) is 5.15 Å². The molecule has 0 aliphatic carbocycles. The summed E-state index contributed by atoms with van der Waals surface area (Å²) in [5.41, 5.74) is 5.12. The van der Waals surface area contributed by atoms with Crippen LogP contribution in [-0.4, -0.2) is 29.0 Å². The Hall–Kier alpha value is -3.12. The number of benzene rings is 2. The SMILES string of the molecule is COc1cccc(C(=O)NN=Cc2c(C)nn(-c3ccccc3)c2Cl)c1. The molecule has 7 heteroatoms. The number of hydrazone groups is 1. The van der Waals surface area contributed by atoms with Gasteiger partial charge in [-0.1, -0.05) is 35.9 Å². The normalized spacial score (nSPS) is 10.9. The van der Waals surface area contributed by atoms with E-state index in [-0.39, 0.29) is 5.91 Å². The smallest absolute Gasteiger partial charge is 0.271 e. The Morgan fingerprint density at radius 2 is 2.00 bits per heavy atom. The first kappa shape index (κ1) is 17.7. The van der Waals surface area contributed by atoms with Crippen molar-refractivity contribution < 1.29 is 9.53 Å². The summed E-state index contributed by atoms with van der Waals surface area (Å²) in [5, 5.41) is 8.85. The highest BCUT2D eigenvalue weighted by Gasteiger charge is 2.13. The molecule has 0 atom stereocenters. The number of para-hydroxylation sites is 1. The molecule has 2 aromatic carbocycles. The standard InChI is InChI=1S/C19H17ClN4O2/c1-13-17(18(20)24(23-13)15-8-4-3-5-9-15)12-21-22-19(25)14-7-6-10-16(11-14)26-2/h3-12H,1-2H3,(H,22,25). The molecule has 3 rings (SSSR count). The molecular formula is C19H17ClN4O2. The van der Waals surface area contributed by atoms with Crippen molar-refractivity contribution in [3.8, 4) is 11.4 Å². The van der Waals surface area contributed by atoms with E-state index in [1.807, 2.05) is 37.3 Å². The van der Waals surface area contributed by atoms with E-state index in [1.165, 1.54) is 6.21 Å². The van der Waals surface area contributed by atoms with Crippen LogP contribution in [0.3, 0.4) is 0 Å². The maximum absolute atomic E-state index is 12.2. The molecule has 1 aromatic heterocycles. The second kappa shape index (κ2) is 7.84. The number of rotatable bonds is 5. The summed E-state index contributed by atoms with van der Waals surface area (Å²) in [7, 11) is 1.55. The van der Waals surface area contributed by atoms with E-state index >= 15 is 0 Å². The second-order valence-corrected chi connectivity index (χ2v) is 5.83. The van der Waals surface area contributed by atoms with Gasteiger partial charge in [-0.05, 0) is 37.3 Å². The molecule has 26 heavy (non-hydrogen) atoms. The lowest BCUT2D eigenvalue weighted by Crippen LogP contribution is -2.17. The van der Waals surface area contributed by atoms with Gasteiger partial charge in [0.05, 0.1) is 30.3 Å². The summed E-state index contributed by atoms with van der Waals surface area (Å²) in [6.45, 7) is 1.83. The lowest BCUT2D eigenvalue weighted by atomic mass is 10.2. The lowest BCUT2D eigenvalue weighted by Gasteiger charge is -2.03. The maximum Gasteiger partial charge on any atom is 0.271 e. The summed E-state index contributed by atoms with van der Waals surface area (Å²) in [6.07, 6.45) is 1.49. The van der Waals surface area contributed by atoms with Gasteiger partial charge < -0.3 is 4.74 Å². The zero-order valence-corrected chi connectivity index (χ0v) is 15.1. The molecule has 1 N–H and O–H groups in total. The van der Waals surface area contributed by atoms with Gasteiger partial charge in [-0.15, -0.1) is 0 Å². The molecule has 0 aliphatic rings. The maximum atomic E-state index is 12.2. The quantitative estimate of drug-likeness (QED) is 0.552. The number of hydrogen-bond acceptors (Lipinski definition) is 4. The van der Waals surface area contributed by atoms with Gasteiger partial charge in [0.1, 0.15) is 10.9 Å². The third kappa shape index (κ3) is 3.75. The topological polar surface area (TPSA) is 68.5 Å². The highest BCUT2D eigenvalue weighted by atomic mass is 35.5. The average molecular weight is 369 g/mol. The van der Waals surface area contributed by atoms with E-state index in [4.69, 9.17) is 16.3 Å². The van der Waals surface area contributed by atoms with Crippen molar-refractivity contribution in [3.05, 3.63) is 76.6 Å². The van der Waals surface area contributed by atoms with Crippen LogP contribution >= 0.6 is 11.6 Å². The van der Waals surface area contributed by atoms with Gasteiger partial charge in [0.2, 0.25) is 0 Å². The fourth-order valence-electron chi connectivity index (χ4n) is 2.38. The van der Waals surface area contributed by atoms with Gasteiger partial charge in [-0.3, -0.25) is 4.79 Å². The highest BCUT2D eigenvalue weighted by Crippen LogP contribution is 2.21. The molecule has 0 fully saturated rings. The van der Waals surface area contributed by atoms with Gasteiger partial charge in [-0.2, -0.15) is 10.2 Å². The predicted octanol–water partition coefficient (Wildman–Crippen LogP) is 3.61. The molecule has 132 valence electrons. The lowest BCUT2D eigenvalue weighted by molar-refractivity contribution is 0.0955. The van der Waals surface area contributed by atoms with Crippen LogP contribution in [0.25, 0.3) is 5.69 Å². The number of nitrogens with one attached hydrogen (secondary N) is 1. The number of carbonyl (C=O) groups excluding carboxylic acids is 1. The van der Waals surface area contributed by atoms with Gasteiger partial charge in [0.15, 0.2) is 0 Å². The molecular weight excluding hydrogens is 352 g/mol. The molecule has 0 spiro atoms. The van der Waals surface area contributed by atoms with Gasteiger partial charge >= 0.3 is 0 Å². The number of nitrogens with zero attached hydrogens (tertiary/aromatic N) is 3. The zero-order chi connectivity index (χ0) is 18.5. The van der Waals surface area contributed by atoms with Crippen LogP contribution in [0.4, 0.5) is 0 Å². The van der Waals surface area contributed by atoms with Crippen LogP contribution in [0, 0.1) is 6.92 Å². The van der Waals surface area contributed by atoms with Crippen LogP contribution in [-0.2, 0) is 0 Å². The molecule has 0 saturated carbocycles. The van der Waals surface area contributed by atoms with E-state index in [0.29, 0.717) is 27.7 Å². The molecule has 1 heterocycles. The summed E-state index contributed by atoms with van der Waals surface area (Å²) in [4.78, 5) is 12.2.